The van der Waals surface area contributed by atoms with Crippen LogP contribution in [0.25, 0.3) is 0 Å². The maximum Gasteiger partial charge on any atom is 0.0418 e. The van der Waals surface area contributed by atoms with E-state index in [4.69, 9.17) is 11.6 Å². The first-order chi connectivity index (χ1) is 4.61. The summed E-state index contributed by atoms with van der Waals surface area (Å²) in [5.74, 6) is 0.767. The van der Waals surface area contributed by atoms with Crippen molar-refractivity contribution in [3.8, 4) is 0 Å². The second-order valence-electron chi connectivity index (χ2n) is 3.90. The van der Waals surface area contributed by atoms with E-state index in [1.807, 2.05) is 0 Å². The predicted octanol–water partition coefficient (Wildman–Crippen LogP) is 3.58. The molecule has 1 fully saturated rings. The predicted molar refractivity (Wildman–Crippen MR) is 46.5 cm³/mol. The fourth-order valence-electron chi connectivity index (χ4n) is 1.79. The van der Waals surface area contributed by atoms with Crippen molar-refractivity contribution in [1.82, 2.24) is 0 Å². The minimum absolute atomic E-state index is 0.0421. The first-order valence-corrected chi connectivity index (χ1v) is 4.67. The average molecular weight is 161 g/mol. The van der Waals surface area contributed by atoms with Crippen LogP contribution >= 0.6 is 11.6 Å². The van der Waals surface area contributed by atoms with Crippen molar-refractivity contribution < 1.29 is 0 Å². The molecule has 0 aromatic heterocycles. The molecule has 1 aliphatic rings. The highest BCUT2D eigenvalue weighted by Gasteiger charge is 2.27. The minimum atomic E-state index is 0.0421. The summed E-state index contributed by atoms with van der Waals surface area (Å²) in [7, 11) is 0. The molecule has 0 aromatic carbocycles. The van der Waals surface area contributed by atoms with Crippen LogP contribution in [0.1, 0.15) is 46.0 Å². The fourth-order valence-corrected chi connectivity index (χ4v) is 2.01. The monoisotopic (exact) mass is 160 g/mol. The summed E-state index contributed by atoms with van der Waals surface area (Å²) < 4.78 is 0. The van der Waals surface area contributed by atoms with E-state index in [2.05, 4.69) is 13.8 Å². The van der Waals surface area contributed by atoms with Crippen molar-refractivity contribution in [3.63, 3.8) is 0 Å². The van der Waals surface area contributed by atoms with Crippen LogP contribution in [-0.4, -0.2) is 4.87 Å². The Morgan fingerprint density at radius 1 is 1.10 bits per heavy atom. The SMILES string of the molecule is CC(C)(Cl)C1CCCCC1. The van der Waals surface area contributed by atoms with E-state index in [-0.39, 0.29) is 4.87 Å². The van der Waals surface area contributed by atoms with Crippen LogP contribution in [0, 0.1) is 5.92 Å². The summed E-state index contributed by atoms with van der Waals surface area (Å²) in [6.07, 6.45) is 6.89. The highest BCUT2D eigenvalue weighted by Crippen LogP contribution is 2.36. The molecule has 0 bridgehead atoms. The third-order valence-electron chi connectivity index (χ3n) is 2.58. The van der Waals surface area contributed by atoms with Gasteiger partial charge in [-0.15, -0.1) is 11.6 Å². The topological polar surface area (TPSA) is 0 Å². The largest absolute Gasteiger partial charge is 0.120 e. The molecule has 0 radical (unpaired) electrons. The molecule has 10 heavy (non-hydrogen) atoms. The van der Waals surface area contributed by atoms with E-state index in [1.165, 1.54) is 32.1 Å². The Labute approximate surface area is 69.0 Å². The molecule has 0 aromatic rings. The molecule has 0 heterocycles. The second kappa shape index (κ2) is 3.13. The molecule has 0 saturated heterocycles. The zero-order valence-electron chi connectivity index (χ0n) is 6.99. The maximum atomic E-state index is 6.21. The van der Waals surface area contributed by atoms with Gasteiger partial charge in [0.25, 0.3) is 0 Å². The molecule has 0 aliphatic heterocycles. The fraction of sp³-hybridized carbons (Fsp3) is 1.00. The van der Waals surface area contributed by atoms with Crippen LogP contribution in [0.3, 0.4) is 0 Å². The lowest BCUT2D eigenvalue weighted by molar-refractivity contribution is 0.299. The van der Waals surface area contributed by atoms with Crippen molar-refractivity contribution in [3.05, 3.63) is 0 Å². The van der Waals surface area contributed by atoms with Gasteiger partial charge in [0.05, 0.1) is 0 Å². The van der Waals surface area contributed by atoms with E-state index in [0.29, 0.717) is 0 Å². The summed E-state index contributed by atoms with van der Waals surface area (Å²) in [4.78, 5) is 0.0421. The Hall–Kier alpha value is 0.290. The zero-order chi connectivity index (χ0) is 7.61. The Kier molecular flexibility index (Phi) is 2.62. The van der Waals surface area contributed by atoms with Crippen LogP contribution < -0.4 is 0 Å². The molecule has 0 nitrogen and oxygen atoms in total. The molecule has 1 rings (SSSR count). The second-order valence-corrected chi connectivity index (χ2v) is 4.87. The standard InChI is InChI=1S/C9H17Cl/c1-9(2,10)8-6-4-3-5-7-8/h8H,3-7H2,1-2H3. The minimum Gasteiger partial charge on any atom is -0.120 e. The van der Waals surface area contributed by atoms with Crippen LogP contribution in [0.5, 0.6) is 0 Å². The van der Waals surface area contributed by atoms with Gasteiger partial charge in [-0.2, -0.15) is 0 Å². The summed E-state index contributed by atoms with van der Waals surface area (Å²) >= 11 is 6.21. The van der Waals surface area contributed by atoms with Gasteiger partial charge < -0.3 is 0 Å². The van der Waals surface area contributed by atoms with Crippen LogP contribution in [0.15, 0.2) is 0 Å². The first-order valence-electron chi connectivity index (χ1n) is 4.29. The Morgan fingerprint density at radius 2 is 1.60 bits per heavy atom. The third-order valence-corrected chi connectivity index (χ3v) is 2.88. The Balaban J connectivity index is 2.39. The van der Waals surface area contributed by atoms with Crippen molar-refractivity contribution in [2.24, 2.45) is 5.92 Å². The molecule has 1 saturated carbocycles. The van der Waals surface area contributed by atoms with Crippen LogP contribution in [-0.2, 0) is 0 Å². The van der Waals surface area contributed by atoms with Crippen molar-refractivity contribution in [2.45, 2.75) is 50.8 Å². The molecule has 1 aliphatic carbocycles. The van der Waals surface area contributed by atoms with E-state index in [1.54, 1.807) is 0 Å². The highest BCUT2D eigenvalue weighted by molar-refractivity contribution is 6.23. The molecule has 0 atom stereocenters. The first kappa shape index (κ1) is 8.39. The molecule has 60 valence electrons. The number of rotatable bonds is 1. The van der Waals surface area contributed by atoms with Crippen molar-refractivity contribution >= 4 is 11.6 Å². The van der Waals surface area contributed by atoms with Gasteiger partial charge in [0, 0.05) is 4.87 Å². The van der Waals surface area contributed by atoms with Gasteiger partial charge in [-0.3, -0.25) is 0 Å². The van der Waals surface area contributed by atoms with Gasteiger partial charge in [-0.05, 0) is 32.6 Å². The van der Waals surface area contributed by atoms with Gasteiger partial charge in [-0.25, -0.2) is 0 Å². The number of alkyl halides is 1. The molecule has 0 N–H and O–H groups in total. The number of hydrogen-bond donors (Lipinski definition) is 0. The van der Waals surface area contributed by atoms with Crippen molar-refractivity contribution in [2.75, 3.05) is 0 Å². The maximum absolute atomic E-state index is 6.21. The molecular formula is C9H17Cl. The summed E-state index contributed by atoms with van der Waals surface area (Å²) in [6.45, 7) is 4.29. The van der Waals surface area contributed by atoms with Crippen LogP contribution in [0.2, 0.25) is 0 Å². The van der Waals surface area contributed by atoms with E-state index in [0.717, 1.165) is 5.92 Å². The number of halogens is 1. The molecular weight excluding hydrogens is 144 g/mol. The molecule has 0 spiro atoms. The average Bonchev–Trinajstić information content (AvgIpc) is 1.88. The van der Waals surface area contributed by atoms with Crippen LogP contribution in [0.4, 0.5) is 0 Å². The van der Waals surface area contributed by atoms with E-state index < -0.39 is 0 Å². The van der Waals surface area contributed by atoms with Gasteiger partial charge >= 0.3 is 0 Å². The quantitative estimate of drug-likeness (QED) is 0.515. The van der Waals surface area contributed by atoms with Crippen molar-refractivity contribution in [1.29, 1.82) is 0 Å². The van der Waals surface area contributed by atoms with Gasteiger partial charge in [-0.1, -0.05) is 19.3 Å². The smallest absolute Gasteiger partial charge is 0.0418 e. The lowest BCUT2D eigenvalue weighted by Gasteiger charge is -2.31. The van der Waals surface area contributed by atoms with Gasteiger partial charge in [0.1, 0.15) is 0 Å². The summed E-state index contributed by atoms with van der Waals surface area (Å²) in [5.41, 5.74) is 0. The molecule has 0 unspecified atom stereocenters. The lowest BCUT2D eigenvalue weighted by Crippen LogP contribution is -2.26. The van der Waals surface area contributed by atoms with Gasteiger partial charge in [0.15, 0.2) is 0 Å². The Bertz CT molecular complexity index is 95.8. The molecule has 1 heteroatoms. The number of hydrogen-bond acceptors (Lipinski definition) is 0. The zero-order valence-corrected chi connectivity index (χ0v) is 7.75. The third kappa shape index (κ3) is 2.16. The van der Waals surface area contributed by atoms with E-state index >= 15 is 0 Å². The highest BCUT2D eigenvalue weighted by atomic mass is 35.5. The van der Waals surface area contributed by atoms with Gasteiger partial charge in [0.2, 0.25) is 0 Å². The van der Waals surface area contributed by atoms with E-state index in [9.17, 15) is 0 Å². The molecule has 0 amide bonds. The summed E-state index contributed by atoms with van der Waals surface area (Å²) in [5, 5.41) is 0. The normalized spacial score (nSPS) is 23.1. The lowest BCUT2D eigenvalue weighted by atomic mass is 9.81. The Morgan fingerprint density at radius 3 is 1.90 bits per heavy atom. The summed E-state index contributed by atoms with van der Waals surface area (Å²) in [6, 6.07) is 0.